The fraction of sp³-hybridized carbons (Fsp3) is 0. The first-order chi connectivity index (χ1) is 12.9. The van der Waals surface area contributed by atoms with E-state index in [-0.39, 0.29) is 0 Å². The molecule has 4 aromatic carbocycles. The van der Waals surface area contributed by atoms with Crippen molar-refractivity contribution in [3.05, 3.63) is 84.9 Å². The fourth-order valence-electron chi connectivity index (χ4n) is 4.04. The highest BCUT2D eigenvalue weighted by Gasteiger charge is 2.17. The van der Waals surface area contributed by atoms with Crippen molar-refractivity contribution in [3.8, 4) is 11.1 Å². The maximum atomic E-state index is 3.67. The van der Waals surface area contributed by atoms with E-state index in [9.17, 15) is 0 Å². The van der Waals surface area contributed by atoms with Gasteiger partial charge in [-0.25, -0.2) is 0 Å². The van der Waals surface area contributed by atoms with Crippen molar-refractivity contribution >= 4 is 53.3 Å². The molecule has 0 aliphatic carbocycles. The van der Waals surface area contributed by atoms with Crippen molar-refractivity contribution in [3.63, 3.8) is 0 Å². The molecule has 1 nitrogen and oxygen atoms in total. The van der Waals surface area contributed by atoms with Gasteiger partial charge in [0.1, 0.15) is 0 Å². The highest BCUT2D eigenvalue weighted by molar-refractivity contribution is 7.26. The summed E-state index contributed by atoms with van der Waals surface area (Å²) in [6, 6.07) is 30.4. The van der Waals surface area contributed by atoms with Crippen molar-refractivity contribution < 1.29 is 0 Å². The van der Waals surface area contributed by atoms with E-state index in [4.69, 9.17) is 0 Å². The minimum absolute atomic E-state index is 1.20. The summed E-state index contributed by atoms with van der Waals surface area (Å²) in [6.45, 7) is 0. The number of hydrogen-bond acceptors (Lipinski definition) is 1. The Morgan fingerprint density at radius 2 is 1.38 bits per heavy atom. The summed E-state index contributed by atoms with van der Waals surface area (Å²) in [5.74, 6) is 0. The molecule has 0 atom stereocenters. The van der Waals surface area contributed by atoms with E-state index in [2.05, 4.69) is 89.9 Å². The third kappa shape index (κ3) is 1.85. The second-order valence-corrected chi connectivity index (χ2v) is 7.74. The molecule has 2 heteroatoms. The second-order valence-electron chi connectivity index (χ2n) is 6.69. The third-order valence-corrected chi connectivity index (χ3v) is 6.40. The van der Waals surface area contributed by atoms with E-state index in [1.807, 2.05) is 11.3 Å². The Morgan fingerprint density at radius 3 is 2.27 bits per heavy atom. The molecule has 0 bridgehead atoms. The van der Waals surface area contributed by atoms with Gasteiger partial charge in [-0.05, 0) is 29.3 Å². The molecule has 0 radical (unpaired) electrons. The van der Waals surface area contributed by atoms with E-state index < -0.39 is 0 Å². The van der Waals surface area contributed by atoms with Crippen LogP contribution in [0.1, 0.15) is 0 Å². The predicted molar refractivity (Wildman–Crippen MR) is 114 cm³/mol. The number of rotatable bonds is 1. The van der Waals surface area contributed by atoms with E-state index in [0.717, 1.165) is 0 Å². The average molecular weight is 349 g/mol. The van der Waals surface area contributed by atoms with Gasteiger partial charge in [0.2, 0.25) is 0 Å². The van der Waals surface area contributed by atoms with Crippen molar-refractivity contribution in [1.29, 1.82) is 0 Å². The number of nitrogens with one attached hydrogen (secondary N) is 1. The Bertz CT molecular complexity index is 1420. The molecule has 0 fully saturated rings. The van der Waals surface area contributed by atoms with Gasteiger partial charge >= 0.3 is 0 Å². The zero-order valence-corrected chi connectivity index (χ0v) is 14.8. The van der Waals surface area contributed by atoms with Crippen molar-refractivity contribution in [2.75, 3.05) is 0 Å². The minimum atomic E-state index is 1.20. The molecule has 2 aromatic heterocycles. The van der Waals surface area contributed by atoms with Gasteiger partial charge in [0.15, 0.2) is 0 Å². The van der Waals surface area contributed by atoms with Gasteiger partial charge < -0.3 is 4.98 Å². The number of para-hydroxylation sites is 1. The number of H-pyrrole nitrogens is 1. The van der Waals surface area contributed by atoms with Gasteiger partial charge in [0.05, 0.1) is 10.2 Å². The summed E-state index contributed by atoms with van der Waals surface area (Å²) < 4.78 is 2.68. The molecular weight excluding hydrogens is 334 g/mol. The lowest BCUT2D eigenvalue weighted by Gasteiger charge is -2.06. The van der Waals surface area contributed by atoms with Crippen LogP contribution in [0.5, 0.6) is 0 Å². The number of aromatic amines is 1. The van der Waals surface area contributed by atoms with Crippen molar-refractivity contribution in [2.45, 2.75) is 0 Å². The van der Waals surface area contributed by atoms with E-state index in [1.165, 1.54) is 53.1 Å². The highest BCUT2D eigenvalue weighted by Crippen LogP contribution is 2.45. The molecule has 0 saturated heterocycles. The van der Waals surface area contributed by atoms with Crippen LogP contribution in [0.15, 0.2) is 84.9 Å². The van der Waals surface area contributed by atoms with Gasteiger partial charge in [0.25, 0.3) is 0 Å². The first-order valence-corrected chi connectivity index (χ1v) is 9.62. The van der Waals surface area contributed by atoms with Crippen LogP contribution in [-0.2, 0) is 0 Å². The number of thiophene rings is 1. The van der Waals surface area contributed by atoms with E-state index >= 15 is 0 Å². The lowest BCUT2D eigenvalue weighted by molar-refractivity contribution is 1.57. The Kier molecular flexibility index (Phi) is 2.82. The monoisotopic (exact) mass is 349 g/mol. The quantitative estimate of drug-likeness (QED) is 0.319. The van der Waals surface area contributed by atoms with Gasteiger partial charge in [-0.3, -0.25) is 0 Å². The zero-order chi connectivity index (χ0) is 17.1. The van der Waals surface area contributed by atoms with Crippen LogP contribution in [0, 0.1) is 0 Å². The topological polar surface area (TPSA) is 15.8 Å². The maximum absolute atomic E-state index is 3.67. The van der Waals surface area contributed by atoms with Crippen LogP contribution in [0.25, 0.3) is 53.1 Å². The maximum Gasteiger partial charge on any atom is 0.0646 e. The van der Waals surface area contributed by atoms with Crippen molar-refractivity contribution in [1.82, 2.24) is 4.98 Å². The Labute approximate surface area is 154 Å². The Hall–Kier alpha value is -3.10. The van der Waals surface area contributed by atoms with Gasteiger partial charge in [0, 0.05) is 31.8 Å². The molecule has 0 saturated carbocycles. The molecule has 26 heavy (non-hydrogen) atoms. The second kappa shape index (κ2) is 5.20. The Morgan fingerprint density at radius 1 is 0.654 bits per heavy atom. The van der Waals surface area contributed by atoms with Crippen LogP contribution in [0.4, 0.5) is 0 Å². The lowest BCUT2D eigenvalue weighted by Crippen LogP contribution is -1.80. The molecule has 2 heterocycles. The van der Waals surface area contributed by atoms with Crippen LogP contribution < -0.4 is 0 Å². The molecule has 0 unspecified atom stereocenters. The molecule has 1 N–H and O–H groups in total. The Balaban J connectivity index is 1.91. The summed E-state index contributed by atoms with van der Waals surface area (Å²) in [6.07, 6.45) is 0. The lowest BCUT2D eigenvalue weighted by atomic mass is 9.97. The number of hydrogen-bond donors (Lipinski definition) is 1. The smallest absolute Gasteiger partial charge is 0.0646 e. The average Bonchev–Trinajstić information content (AvgIpc) is 3.27. The first-order valence-electron chi connectivity index (χ1n) is 8.80. The summed E-state index contributed by atoms with van der Waals surface area (Å²) in [4.78, 5) is 3.67. The standard InChI is InChI=1S/C24H15NS/c1-2-8-15(9-3-1)18-14-19-16-10-4-6-12-20(16)25-23(19)24-22(18)17-11-5-7-13-21(17)26-24/h1-14,25H. The van der Waals surface area contributed by atoms with Crippen molar-refractivity contribution in [2.24, 2.45) is 0 Å². The molecule has 122 valence electrons. The zero-order valence-electron chi connectivity index (χ0n) is 14.0. The predicted octanol–water partition coefficient (Wildman–Crippen LogP) is 7.36. The molecule has 0 amide bonds. The van der Waals surface area contributed by atoms with E-state index in [1.54, 1.807) is 0 Å². The number of fused-ring (bicyclic) bond motifs is 7. The SMILES string of the molecule is c1ccc(-c2cc3c4ccccc4[nH]c3c3sc4ccccc4c23)cc1. The molecule has 6 rings (SSSR count). The minimum Gasteiger partial charge on any atom is -0.353 e. The summed E-state index contributed by atoms with van der Waals surface area (Å²) >= 11 is 1.88. The van der Waals surface area contributed by atoms with Gasteiger partial charge in [-0.1, -0.05) is 66.7 Å². The highest BCUT2D eigenvalue weighted by atomic mass is 32.1. The normalized spacial score (nSPS) is 11.8. The van der Waals surface area contributed by atoms with Crippen LogP contribution >= 0.6 is 11.3 Å². The summed E-state index contributed by atoms with van der Waals surface area (Å²) in [7, 11) is 0. The largest absolute Gasteiger partial charge is 0.353 e. The van der Waals surface area contributed by atoms with Crippen LogP contribution in [0.2, 0.25) is 0 Å². The van der Waals surface area contributed by atoms with Crippen LogP contribution in [-0.4, -0.2) is 4.98 Å². The molecule has 0 spiro atoms. The number of benzene rings is 4. The number of aromatic nitrogens is 1. The third-order valence-electron chi connectivity index (χ3n) is 5.21. The summed E-state index contributed by atoms with van der Waals surface area (Å²) in [5.41, 5.74) is 5.04. The fourth-order valence-corrected chi connectivity index (χ4v) is 5.28. The first kappa shape index (κ1) is 14.1. The summed E-state index contributed by atoms with van der Waals surface area (Å²) in [5, 5.41) is 5.29. The van der Waals surface area contributed by atoms with E-state index in [0.29, 0.717) is 0 Å². The molecular formula is C24H15NS. The van der Waals surface area contributed by atoms with Gasteiger partial charge in [-0.2, -0.15) is 0 Å². The van der Waals surface area contributed by atoms with Gasteiger partial charge in [-0.15, -0.1) is 11.3 Å². The molecule has 6 aromatic rings. The molecule has 0 aliphatic heterocycles. The van der Waals surface area contributed by atoms with Crippen LogP contribution in [0.3, 0.4) is 0 Å². The molecule has 0 aliphatic rings.